The van der Waals surface area contributed by atoms with Crippen LogP contribution in [0, 0.1) is 13.8 Å². The highest BCUT2D eigenvalue weighted by Crippen LogP contribution is 2.14. The molecule has 112 valence electrons. The lowest BCUT2D eigenvalue weighted by Gasteiger charge is -2.02. The van der Waals surface area contributed by atoms with Crippen LogP contribution >= 0.6 is 11.8 Å². The second-order valence-corrected chi connectivity index (χ2v) is 5.14. The largest absolute Gasteiger partial charge is 0.450 e. The summed E-state index contributed by atoms with van der Waals surface area (Å²) in [6.07, 6.45) is -0.751. The van der Waals surface area contributed by atoms with Gasteiger partial charge in [-0.05, 0) is 26.8 Å². The maximum absolute atomic E-state index is 11.5. The highest BCUT2D eigenvalue weighted by Gasteiger charge is 2.12. The number of carbonyl (C=O) groups excluding carboxylic acids is 2. The molecule has 1 N–H and O–H groups in total. The van der Waals surface area contributed by atoms with Crippen molar-refractivity contribution in [3.8, 4) is 0 Å². The molecule has 21 heavy (non-hydrogen) atoms. The van der Waals surface area contributed by atoms with Crippen molar-refractivity contribution in [2.24, 2.45) is 0 Å². The van der Waals surface area contributed by atoms with E-state index in [0.29, 0.717) is 10.9 Å². The van der Waals surface area contributed by atoms with E-state index in [1.54, 1.807) is 11.4 Å². The lowest BCUT2D eigenvalue weighted by atomic mass is 10.4. The summed E-state index contributed by atoms with van der Waals surface area (Å²) in [4.78, 5) is 31.1. The summed E-state index contributed by atoms with van der Waals surface area (Å²) in [5.41, 5.74) is 1.76. The third kappa shape index (κ3) is 3.91. The van der Waals surface area contributed by atoms with Crippen molar-refractivity contribution in [3.05, 3.63) is 17.5 Å². The number of nitrogens with zero attached hydrogens (tertiary/aromatic N) is 4. The third-order valence-corrected chi connectivity index (χ3v) is 3.29. The molecule has 0 aromatic carbocycles. The molecular weight excluding hydrogens is 294 g/mol. The lowest BCUT2D eigenvalue weighted by Crippen LogP contribution is -2.32. The molecule has 0 spiro atoms. The Morgan fingerprint density at radius 1 is 1.38 bits per heavy atom. The number of hydrogen-bond acceptors (Lipinski definition) is 7. The zero-order valence-corrected chi connectivity index (χ0v) is 12.7. The summed E-state index contributed by atoms with van der Waals surface area (Å²) in [5, 5.41) is 6.78. The van der Waals surface area contributed by atoms with Crippen LogP contribution in [0.4, 0.5) is 4.79 Å². The summed E-state index contributed by atoms with van der Waals surface area (Å²) >= 11 is 1.13. The number of hydrogen-bond donors (Lipinski definition) is 1. The van der Waals surface area contributed by atoms with Gasteiger partial charge < -0.3 is 4.74 Å². The first-order chi connectivity index (χ1) is 9.99. The van der Waals surface area contributed by atoms with Gasteiger partial charge in [-0.1, -0.05) is 11.8 Å². The van der Waals surface area contributed by atoms with E-state index < -0.39 is 12.0 Å². The summed E-state index contributed by atoms with van der Waals surface area (Å²) < 4.78 is 6.23. The van der Waals surface area contributed by atoms with Crippen LogP contribution < -0.4 is 5.32 Å². The van der Waals surface area contributed by atoms with Crippen molar-refractivity contribution in [1.29, 1.82) is 0 Å². The van der Waals surface area contributed by atoms with E-state index in [1.807, 2.05) is 19.9 Å². The predicted octanol–water partition coefficient (Wildman–Crippen LogP) is 1.11. The number of fused-ring (bicyclic) bond motifs is 1. The molecule has 0 aliphatic carbocycles. The second kappa shape index (κ2) is 6.53. The first-order valence-electron chi connectivity index (χ1n) is 6.30. The average Bonchev–Trinajstić information content (AvgIpc) is 2.79. The van der Waals surface area contributed by atoms with Gasteiger partial charge in [0.2, 0.25) is 11.1 Å². The number of ether oxygens (including phenoxy) is 1. The Kier molecular flexibility index (Phi) is 4.73. The smallest absolute Gasteiger partial charge is 0.413 e. The number of amides is 2. The van der Waals surface area contributed by atoms with Crippen molar-refractivity contribution >= 4 is 29.5 Å². The molecule has 0 saturated heterocycles. The molecule has 0 saturated carbocycles. The van der Waals surface area contributed by atoms with Crippen LogP contribution in [0.2, 0.25) is 0 Å². The van der Waals surface area contributed by atoms with Gasteiger partial charge in [0.05, 0.1) is 12.4 Å². The quantitative estimate of drug-likeness (QED) is 0.844. The zero-order valence-electron chi connectivity index (χ0n) is 11.9. The van der Waals surface area contributed by atoms with E-state index in [0.717, 1.165) is 23.1 Å². The molecule has 2 rings (SSSR count). The molecule has 9 heteroatoms. The van der Waals surface area contributed by atoms with E-state index >= 15 is 0 Å². The zero-order chi connectivity index (χ0) is 15.4. The second-order valence-electron chi connectivity index (χ2n) is 4.20. The van der Waals surface area contributed by atoms with Crippen LogP contribution in [0.3, 0.4) is 0 Å². The van der Waals surface area contributed by atoms with Gasteiger partial charge in [0, 0.05) is 11.4 Å². The minimum absolute atomic E-state index is 0.0216. The SMILES string of the molecule is CCOC(=O)NC(=O)CSc1nc2nc(C)cc(C)n2n1. The number of aryl methyl sites for hydroxylation is 2. The molecule has 0 atom stereocenters. The Hall–Kier alpha value is -2.16. The molecule has 2 amide bonds. The van der Waals surface area contributed by atoms with Gasteiger partial charge in [-0.15, -0.1) is 5.10 Å². The first-order valence-corrected chi connectivity index (χ1v) is 7.28. The monoisotopic (exact) mass is 309 g/mol. The van der Waals surface area contributed by atoms with Crippen molar-refractivity contribution in [2.45, 2.75) is 25.9 Å². The van der Waals surface area contributed by atoms with Crippen molar-refractivity contribution in [1.82, 2.24) is 24.9 Å². The minimum Gasteiger partial charge on any atom is -0.450 e. The number of thioether (sulfide) groups is 1. The van der Waals surface area contributed by atoms with Gasteiger partial charge in [-0.3, -0.25) is 10.1 Å². The number of carbonyl (C=O) groups is 2. The highest BCUT2D eigenvalue weighted by atomic mass is 32.2. The fourth-order valence-corrected chi connectivity index (χ4v) is 2.27. The minimum atomic E-state index is -0.751. The molecule has 0 aliphatic heterocycles. The van der Waals surface area contributed by atoms with E-state index in [4.69, 9.17) is 0 Å². The fourth-order valence-electron chi connectivity index (χ4n) is 1.66. The maximum Gasteiger partial charge on any atom is 0.413 e. The number of aromatic nitrogens is 4. The van der Waals surface area contributed by atoms with Gasteiger partial charge >= 0.3 is 6.09 Å². The molecule has 0 radical (unpaired) electrons. The average molecular weight is 309 g/mol. The lowest BCUT2D eigenvalue weighted by molar-refractivity contribution is -0.117. The predicted molar refractivity (Wildman–Crippen MR) is 76.1 cm³/mol. The summed E-state index contributed by atoms with van der Waals surface area (Å²) in [6, 6.07) is 1.89. The summed E-state index contributed by atoms with van der Waals surface area (Å²) in [6.45, 7) is 5.65. The molecule has 0 bridgehead atoms. The molecular formula is C12H15N5O3S. The van der Waals surface area contributed by atoms with Gasteiger partial charge in [0.25, 0.3) is 5.78 Å². The van der Waals surface area contributed by atoms with Crippen molar-refractivity contribution in [2.75, 3.05) is 12.4 Å². The van der Waals surface area contributed by atoms with Gasteiger partial charge in [-0.2, -0.15) is 4.98 Å². The Morgan fingerprint density at radius 3 is 2.86 bits per heavy atom. The first kappa shape index (κ1) is 15.2. The summed E-state index contributed by atoms with van der Waals surface area (Å²) in [7, 11) is 0. The van der Waals surface area contributed by atoms with Crippen LogP contribution in [0.5, 0.6) is 0 Å². The van der Waals surface area contributed by atoms with Gasteiger partial charge in [0.15, 0.2) is 0 Å². The number of rotatable bonds is 4. The normalized spacial score (nSPS) is 10.6. The Labute approximate surface area is 125 Å². The molecule has 0 aliphatic rings. The molecule has 8 nitrogen and oxygen atoms in total. The van der Waals surface area contributed by atoms with E-state index in [9.17, 15) is 9.59 Å². The van der Waals surface area contributed by atoms with E-state index in [1.165, 1.54) is 0 Å². The van der Waals surface area contributed by atoms with Crippen LogP contribution in [-0.4, -0.2) is 43.9 Å². The van der Waals surface area contributed by atoms with Crippen LogP contribution in [0.15, 0.2) is 11.2 Å². The Morgan fingerprint density at radius 2 is 2.14 bits per heavy atom. The van der Waals surface area contributed by atoms with Crippen molar-refractivity contribution in [3.63, 3.8) is 0 Å². The number of alkyl carbamates (subject to hydrolysis) is 1. The molecule has 2 aromatic rings. The van der Waals surface area contributed by atoms with E-state index in [-0.39, 0.29) is 12.4 Å². The van der Waals surface area contributed by atoms with Crippen LogP contribution in [0.25, 0.3) is 5.78 Å². The molecule has 0 unspecified atom stereocenters. The van der Waals surface area contributed by atoms with Gasteiger partial charge in [0.1, 0.15) is 0 Å². The molecule has 0 fully saturated rings. The Bertz CT molecular complexity index is 685. The Balaban J connectivity index is 1.99. The standard InChI is InChI=1S/C12H15N5O3S/c1-4-20-12(19)14-9(18)6-21-11-15-10-13-7(2)5-8(3)17(10)16-11/h5H,4,6H2,1-3H3,(H,14,18,19). The van der Waals surface area contributed by atoms with Crippen LogP contribution in [0.1, 0.15) is 18.3 Å². The van der Waals surface area contributed by atoms with Gasteiger partial charge in [-0.25, -0.2) is 14.3 Å². The maximum atomic E-state index is 11.5. The topological polar surface area (TPSA) is 98.5 Å². The third-order valence-electron chi connectivity index (χ3n) is 2.45. The van der Waals surface area contributed by atoms with Crippen LogP contribution in [-0.2, 0) is 9.53 Å². The van der Waals surface area contributed by atoms with Crippen molar-refractivity contribution < 1.29 is 14.3 Å². The molecule has 2 aromatic heterocycles. The summed E-state index contributed by atoms with van der Waals surface area (Å²) in [5.74, 6) is 0.0484. The number of nitrogens with one attached hydrogen (secondary N) is 1. The molecule has 2 heterocycles. The number of imide groups is 1. The van der Waals surface area contributed by atoms with E-state index in [2.05, 4.69) is 25.1 Å². The fraction of sp³-hybridized carbons (Fsp3) is 0.417. The highest BCUT2D eigenvalue weighted by molar-refractivity contribution is 7.99.